The highest BCUT2D eigenvalue weighted by molar-refractivity contribution is 7.99. The summed E-state index contributed by atoms with van der Waals surface area (Å²) in [5, 5.41) is 12.9. The molecule has 1 N–H and O–H groups in total. The zero-order valence-corrected chi connectivity index (χ0v) is 17.7. The van der Waals surface area contributed by atoms with E-state index in [2.05, 4.69) is 21.1 Å². The van der Waals surface area contributed by atoms with Crippen molar-refractivity contribution in [3.8, 4) is 6.07 Å². The number of nitrogens with zero attached hydrogens (tertiary/aromatic N) is 3. The van der Waals surface area contributed by atoms with Gasteiger partial charge < -0.3 is 10.1 Å². The molecule has 2 rings (SSSR count). The van der Waals surface area contributed by atoms with Crippen molar-refractivity contribution in [1.82, 2.24) is 14.9 Å². The minimum atomic E-state index is -0.987. The van der Waals surface area contributed by atoms with Crippen LogP contribution in [0.25, 0.3) is 10.9 Å². The third-order valence-electron chi connectivity index (χ3n) is 4.71. The van der Waals surface area contributed by atoms with Crippen LogP contribution < -0.4 is 10.9 Å². The van der Waals surface area contributed by atoms with Crippen LogP contribution in [-0.4, -0.2) is 39.8 Å². The van der Waals surface area contributed by atoms with Crippen molar-refractivity contribution in [1.29, 1.82) is 5.26 Å². The second kappa shape index (κ2) is 9.56. The maximum absolute atomic E-state index is 12.9. The van der Waals surface area contributed by atoms with Crippen LogP contribution in [0, 0.1) is 17.2 Å². The van der Waals surface area contributed by atoms with Crippen molar-refractivity contribution in [3.05, 3.63) is 34.6 Å². The molecule has 0 radical (unpaired) electrons. The number of aromatic nitrogens is 2. The molecule has 9 heteroatoms. The molecule has 1 atom stereocenters. The number of esters is 1. The maximum Gasteiger partial charge on any atom is 0.307 e. The lowest BCUT2D eigenvalue weighted by atomic mass is 9.90. The number of carbonyl (C=O) groups excluding carboxylic acids is 2. The van der Waals surface area contributed by atoms with Gasteiger partial charge in [-0.3, -0.25) is 19.0 Å². The van der Waals surface area contributed by atoms with Gasteiger partial charge in [0.05, 0.1) is 36.3 Å². The minimum Gasteiger partial charge on any atom is -0.469 e. The normalized spacial score (nSPS) is 13.0. The predicted octanol–water partition coefficient (Wildman–Crippen LogP) is 2.11. The fraction of sp³-hybridized carbons (Fsp3) is 0.450. The molecule has 1 heterocycles. The summed E-state index contributed by atoms with van der Waals surface area (Å²) in [7, 11) is 1.28. The molecule has 1 aromatic heterocycles. The number of methoxy groups -OCH3 is 1. The molecule has 0 unspecified atom stereocenters. The Morgan fingerprint density at radius 1 is 1.38 bits per heavy atom. The Morgan fingerprint density at radius 2 is 2.07 bits per heavy atom. The molecule has 1 aromatic carbocycles. The maximum atomic E-state index is 12.9. The first kappa shape index (κ1) is 22.4. The topological polar surface area (TPSA) is 114 Å². The Labute approximate surface area is 173 Å². The van der Waals surface area contributed by atoms with E-state index in [0.717, 1.165) is 11.8 Å². The van der Waals surface area contributed by atoms with Gasteiger partial charge in [0.15, 0.2) is 5.16 Å². The van der Waals surface area contributed by atoms with Gasteiger partial charge in [-0.15, -0.1) is 0 Å². The molecule has 0 aliphatic carbocycles. The third kappa shape index (κ3) is 5.35. The van der Waals surface area contributed by atoms with Crippen LogP contribution in [0.3, 0.4) is 0 Å². The molecule has 2 aromatic rings. The highest BCUT2D eigenvalue weighted by Gasteiger charge is 2.30. The monoisotopic (exact) mass is 416 g/mol. The molecular weight excluding hydrogens is 392 g/mol. The lowest BCUT2D eigenvalue weighted by Crippen LogP contribution is -2.49. The van der Waals surface area contributed by atoms with Gasteiger partial charge in [0.25, 0.3) is 5.56 Å². The van der Waals surface area contributed by atoms with Crippen molar-refractivity contribution in [2.75, 3.05) is 12.9 Å². The first-order valence-corrected chi connectivity index (χ1v) is 10.1. The summed E-state index contributed by atoms with van der Waals surface area (Å²) >= 11 is 1.08. The molecule has 0 saturated heterocycles. The number of nitriles is 1. The van der Waals surface area contributed by atoms with E-state index >= 15 is 0 Å². The average Bonchev–Trinajstić information content (AvgIpc) is 2.71. The van der Waals surface area contributed by atoms with Gasteiger partial charge in [-0.25, -0.2) is 4.98 Å². The number of ether oxygens (including phenoxy) is 1. The van der Waals surface area contributed by atoms with Crippen molar-refractivity contribution < 1.29 is 14.3 Å². The van der Waals surface area contributed by atoms with E-state index in [1.165, 1.54) is 11.7 Å². The number of hydrogen-bond acceptors (Lipinski definition) is 7. The van der Waals surface area contributed by atoms with Crippen LogP contribution >= 0.6 is 11.8 Å². The van der Waals surface area contributed by atoms with Crippen molar-refractivity contribution >= 4 is 34.5 Å². The first-order chi connectivity index (χ1) is 13.7. The van der Waals surface area contributed by atoms with Gasteiger partial charge in [0.2, 0.25) is 5.91 Å². The minimum absolute atomic E-state index is 0.00996. The second-order valence-corrected chi connectivity index (χ2v) is 7.94. The summed E-state index contributed by atoms with van der Waals surface area (Å²) in [5.74, 6) is -0.874. The van der Waals surface area contributed by atoms with Gasteiger partial charge in [-0.05, 0) is 25.0 Å². The number of fused-ring (bicyclic) bond motifs is 1. The number of para-hydroxylation sites is 1. The molecule has 0 aliphatic rings. The summed E-state index contributed by atoms with van der Waals surface area (Å²) in [4.78, 5) is 41.3. The zero-order chi connectivity index (χ0) is 21.6. The molecule has 0 saturated carbocycles. The summed E-state index contributed by atoms with van der Waals surface area (Å²) in [6, 6.07) is 9.03. The summed E-state index contributed by atoms with van der Waals surface area (Å²) in [5.41, 5.74) is -0.760. The van der Waals surface area contributed by atoms with Crippen LogP contribution in [0.1, 0.15) is 27.2 Å². The average molecular weight is 417 g/mol. The zero-order valence-electron chi connectivity index (χ0n) is 16.9. The number of benzene rings is 1. The second-order valence-electron chi connectivity index (χ2n) is 7.00. The Bertz CT molecular complexity index is 1010. The van der Waals surface area contributed by atoms with E-state index in [1.807, 2.05) is 13.8 Å². The number of thioether (sulfide) groups is 1. The quantitative estimate of drug-likeness (QED) is 0.398. The molecule has 0 aliphatic heterocycles. The van der Waals surface area contributed by atoms with E-state index in [9.17, 15) is 19.6 Å². The number of hydrogen-bond donors (Lipinski definition) is 1. The van der Waals surface area contributed by atoms with E-state index in [0.29, 0.717) is 16.1 Å². The molecular formula is C20H24N4O4S. The molecule has 154 valence electrons. The Morgan fingerprint density at radius 3 is 2.69 bits per heavy atom. The number of rotatable bonds is 8. The summed E-state index contributed by atoms with van der Waals surface area (Å²) < 4.78 is 6.03. The Hall–Kier alpha value is -2.86. The van der Waals surface area contributed by atoms with E-state index in [4.69, 9.17) is 0 Å². The Balaban J connectivity index is 2.28. The van der Waals surface area contributed by atoms with Crippen LogP contribution in [0.2, 0.25) is 0 Å². The Kier molecular flexibility index (Phi) is 7.40. The van der Waals surface area contributed by atoms with Crippen LogP contribution in [0.15, 0.2) is 34.2 Å². The third-order valence-corrected chi connectivity index (χ3v) is 5.69. The van der Waals surface area contributed by atoms with Gasteiger partial charge in [-0.1, -0.05) is 37.7 Å². The largest absolute Gasteiger partial charge is 0.469 e. The van der Waals surface area contributed by atoms with Gasteiger partial charge in [0, 0.05) is 6.54 Å². The highest BCUT2D eigenvalue weighted by atomic mass is 32.2. The molecule has 8 nitrogen and oxygen atoms in total. The smallest absolute Gasteiger partial charge is 0.307 e. The van der Waals surface area contributed by atoms with E-state index in [1.54, 1.807) is 31.2 Å². The van der Waals surface area contributed by atoms with E-state index < -0.39 is 11.5 Å². The lowest BCUT2D eigenvalue weighted by Gasteiger charge is -2.27. The lowest BCUT2D eigenvalue weighted by molar-refractivity contribution is -0.140. The standard InChI is InChI=1S/C20H24N4O4S/c1-13(2)20(3,12-21)23-16(25)11-29-19-22-15-8-6-5-7-14(15)18(27)24(19)10-9-17(26)28-4/h5-8,13H,9-11H2,1-4H3,(H,23,25)/t20-/m0/s1. The molecule has 0 bridgehead atoms. The highest BCUT2D eigenvalue weighted by Crippen LogP contribution is 2.20. The molecule has 0 fully saturated rings. The van der Waals surface area contributed by atoms with Gasteiger partial charge >= 0.3 is 5.97 Å². The predicted molar refractivity (Wildman–Crippen MR) is 110 cm³/mol. The first-order valence-electron chi connectivity index (χ1n) is 9.13. The molecule has 1 amide bonds. The number of amides is 1. The summed E-state index contributed by atoms with van der Waals surface area (Å²) in [6.45, 7) is 5.47. The summed E-state index contributed by atoms with van der Waals surface area (Å²) in [6.07, 6.45) is 0.00996. The fourth-order valence-electron chi connectivity index (χ4n) is 2.52. The fourth-order valence-corrected chi connectivity index (χ4v) is 3.34. The van der Waals surface area contributed by atoms with Crippen molar-refractivity contribution in [2.45, 2.75) is 44.4 Å². The van der Waals surface area contributed by atoms with Crippen LogP contribution in [0.4, 0.5) is 0 Å². The number of carbonyl (C=O) groups is 2. The molecule has 0 spiro atoms. The van der Waals surface area contributed by atoms with Crippen molar-refractivity contribution in [3.63, 3.8) is 0 Å². The van der Waals surface area contributed by atoms with Gasteiger partial charge in [-0.2, -0.15) is 5.26 Å². The number of nitrogens with one attached hydrogen (secondary N) is 1. The van der Waals surface area contributed by atoms with Crippen LogP contribution in [0.5, 0.6) is 0 Å². The van der Waals surface area contributed by atoms with Crippen LogP contribution in [-0.2, 0) is 20.9 Å². The van der Waals surface area contributed by atoms with Gasteiger partial charge in [0.1, 0.15) is 5.54 Å². The molecule has 29 heavy (non-hydrogen) atoms. The van der Waals surface area contributed by atoms with E-state index in [-0.39, 0.29) is 36.1 Å². The van der Waals surface area contributed by atoms with Crippen molar-refractivity contribution in [2.24, 2.45) is 5.92 Å². The SMILES string of the molecule is COC(=O)CCn1c(SCC(=O)N[C@@](C)(C#N)C(C)C)nc2ccccc2c1=O.